The summed E-state index contributed by atoms with van der Waals surface area (Å²) in [7, 11) is 1.49. The molecule has 1 aliphatic carbocycles. The summed E-state index contributed by atoms with van der Waals surface area (Å²) in [6.45, 7) is -0.149. The number of amides is 1. The number of benzene rings is 2. The van der Waals surface area contributed by atoms with Crippen molar-refractivity contribution < 1.29 is 14.6 Å². The van der Waals surface area contributed by atoms with Crippen LogP contribution in [0, 0.1) is 0 Å². The maximum Gasteiger partial charge on any atom is 0.275 e. The highest BCUT2D eigenvalue weighted by atomic mass is 16.5. The Bertz CT molecular complexity index is 1120. The van der Waals surface area contributed by atoms with Crippen LogP contribution in [-0.2, 0) is 17.8 Å². The van der Waals surface area contributed by atoms with Gasteiger partial charge in [-0.15, -0.1) is 5.10 Å². The number of nitrogens with zero attached hydrogens (tertiary/aromatic N) is 3. The van der Waals surface area contributed by atoms with Gasteiger partial charge in [-0.3, -0.25) is 9.59 Å². The van der Waals surface area contributed by atoms with Gasteiger partial charge in [-0.25, -0.2) is 4.68 Å². The number of ether oxygens (including phenoxy) is 1. The van der Waals surface area contributed by atoms with Crippen LogP contribution in [0.25, 0.3) is 10.8 Å². The van der Waals surface area contributed by atoms with Crippen molar-refractivity contribution in [3.63, 3.8) is 0 Å². The van der Waals surface area contributed by atoms with Gasteiger partial charge in [-0.1, -0.05) is 36.4 Å². The summed E-state index contributed by atoms with van der Waals surface area (Å²) in [6.07, 6.45) is 2.78. The van der Waals surface area contributed by atoms with Crippen LogP contribution in [-0.4, -0.2) is 46.0 Å². The first-order valence-corrected chi connectivity index (χ1v) is 10.2. The standard InChI is InChI=1S/C23H25N3O4/c1-30-22-18-10-4-5-11-19(18)23(29)26(24-22)15-21(28)25(13-14-27)20-12-6-8-16-7-2-3-9-17(16)20/h2-5,7,9-11,20,27H,6,8,12-15H2,1H3/t20-/m0/s1. The van der Waals surface area contributed by atoms with E-state index in [-0.39, 0.29) is 37.2 Å². The molecule has 0 saturated heterocycles. The highest BCUT2D eigenvalue weighted by Crippen LogP contribution is 2.34. The SMILES string of the molecule is COc1nn(CC(=O)N(CCO)[C@H]2CCCc3ccccc32)c(=O)c2ccccc12. The van der Waals surface area contributed by atoms with E-state index in [1.54, 1.807) is 23.1 Å². The zero-order valence-electron chi connectivity index (χ0n) is 17.0. The number of aliphatic hydroxyl groups is 1. The number of methoxy groups -OCH3 is 1. The smallest absolute Gasteiger partial charge is 0.275 e. The number of carbonyl (C=O) groups is 1. The number of hydrogen-bond donors (Lipinski definition) is 1. The molecule has 7 nitrogen and oxygen atoms in total. The Hall–Kier alpha value is -3.19. The zero-order valence-corrected chi connectivity index (χ0v) is 17.0. The molecule has 0 fully saturated rings. The normalized spacial score (nSPS) is 15.6. The second-order valence-electron chi connectivity index (χ2n) is 7.44. The zero-order chi connectivity index (χ0) is 21.1. The van der Waals surface area contributed by atoms with Crippen LogP contribution < -0.4 is 10.3 Å². The lowest BCUT2D eigenvalue weighted by Crippen LogP contribution is -2.42. The van der Waals surface area contributed by atoms with Gasteiger partial charge in [0.05, 0.1) is 30.5 Å². The summed E-state index contributed by atoms with van der Waals surface area (Å²) in [6, 6.07) is 15.0. The predicted molar refractivity (Wildman–Crippen MR) is 113 cm³/mol. The number of aromatic nitrogens is 2. The minimum atomic E-state index is -0.340. The molecule has 1 N–H and O–H groups in total. The molecule has 0 aliphatic heterocycles. The van der Waals surface area contributed by atoms with Crippen LogP contribution >= 0.6 is 0 Å². The molecular weight excluding hydrogens is 382 g/mol. The maximum absolute atomic E-state index is 13.3. The van der Waals surface area contributed by atoms with Crippen LogP contribution in [0.5, 0.6) is 5.88 Å². The predicted octanol–water partition coefficient (Wildman–Crippen LogP) is 2.30. The monoisotopic (exact) mass is 407 g/mol. The molecule has 0 saturated carbocycles. The van der Waals surface area contributed by atoms with Gasteiger partial charge >= 0.3 is 0 Å². The molecule has 1 heterocycles. The molecule has 7 heteroatoms. The number of rotatable bonds is 6. The van der Waals surface area contributed by atoms with Crippen molar-refractivity contribution in [3.8, 4) is 5.88 Å². The Morgan fingerprint density at radius 2 is 1.93 bits per heavy atom. The Kier molecular flexibility index (Phi) is 5.81. The number of aliphatic hydroxyl groups excluding tert-OH is 1. The van der Waals surface area contributed by atoms with Crippen molar-refractivity contribution in [2.45, 2.75) is 31.8 Å². The van der Waals surface area contributed by atoms with Crippen LogP contribution in [0.3, 0.4) is 0 Å². The first-order valence-electron chi connectivity index (χ1n) is 10.2. The molecule has 0 unspecified atom stereocenters. The fourth-order valence-electron chi connectivity index (χ4n) is 4.30. The third-order valence-electron chi connectivity index (χ3n) is 5.69. The quantitative estimate of drug-likeness (QED) is 0.678. The molecule has 2 aromatic carbocycles. The average Bonchev–Trinajstić information content (AvgIpc) is 2.79. The lowest BCUT2D eigenvalue weighted by molar-refractivity contribution is -0.135. The van der Waals surface area contributed by atoms with E-state index in [2.05, 4.69) is 11.2 Å². The Morgan fingerprint density at radius 1 is 1.20 bits per heavy atom. The van der Waals surface area contributed by atoms with Gasteiger partial charge in [0.1, 0.15) is 6.54 Å². The summed E-state index contributed by atoms with van der Waals surface area (Å²) in [5.74, 6) is 0.0485. The molecule has 1 atom stereocenters. The minimum absolute atomic E-state index is 0.118. The molecule has 0 radical (unpaired) electrons. The van der Waals surface area contributed by atoms with E-state index in [1.807, 2.05) is 24.3 Å². The third-order valence-corrected chi connectivity index (χ3v) is 5.69. The number of carbonyl (C=O) groups excluding carboxylic acids is 1. The highest BCUT2D eigenvalue weighted by molar-refractivity contribution is 5.86. The molecule has 30 heavy (non-hydrogen) atoms. The molecule has 1 aromatic heterocycles. The Balaban J connectivity index is 1.68. The Labute approximate surface area is 174 Å². The largest absolute Gasteiger partial charge is 0.480 e. The van der Waals surface area contributed by atoms with Gasteiger partial charge in [0.25, 0.3) is 5.56 Å². The van der Waals surface area contributed by atoms with E-state index in [0.717, 1.165) is 29.5 Å². The first-order chi connectivity index (χ1) is 14.6. The lowest BCUT2D eigenvalue weighted by atomic mass is 9.86. The van der Waals surface area contributed by atoms with Gasteiger partial charge in [0.2, 0.25) is 11.8 Å². The molecule has 4 rings (SSSR count). The topological polar surface area (TPSA) is 84.7 Å². The van der Waals surface area contributed by atoms with Gasteiger partial charge in [0, 0.05) is 6.54 Å². The molecule has 3 aromatic rings. The fourth-order valence-corrected chi connectivity index (χ4v) is 4.30. The summed E-state index contributed by atoms with van der Waals surface area (Å²) in [4.78, 5) is 27.9. The summed E-state index contributed by atoms with van der Waals surface area (Å²) in [5, 5.41) is 14.9. The van der Waals surface area contributed by atoms with Crippen LogP contribution in [0.1, 0.15) is 30.0 Å². The van der Waals surface area contributed by atoms with Crippen LogP contribution in [0.15, 0.2) is 53.3 Å². The van der Waals surface area contributed by atoms with E-state index >= 15 is 0 Å². The molecule has 156 valence electrons. The third kappa shape index (κ3) is 3.68. The van der Waals surface area contributed by atoms with Gasteiger partial charge in [0.15, 0.2) is 0 Å². The molecule has 0 bridgehead atoms. The van der Waals surface area contributed by atoms with Crippen molar-refractivity contribution >= 4 is 16.7 Å². The van der Waals surface area contributed by atoms with Gasteiger partial charge in [-0.05, 0) is 42.5 Å². The average molecular weight is 407 g/mol. The van der Waals surface area contributed by atoms with E-state index < -0.39 is 0 Å². The molecular formula is C23H25N3O4. The Morgan fingerprint density at radius 3 is 2.70 bits per heavy atom. The number of fused-ring (bicyclic) bond motifs is 2. The summed E-state index contributed by atoms with van der Waals surface area (Å²) >= 11 is 0. The molecule has 0 spiro atoms. The van der Waals surface area contributed by atoms with Crippen LogP contribution in [0.2, 0.25) is 0 Å². The second-order valence-corrected chi connectivity index (χ2v) is 7.44. The van der Waals surface area contributed by atoms with E-state index in [0.29, 0.717) is 16.7 Å². The highest BCUT2D eigenvalue weighted by Gasteiger charge is 2.29. The van der Waals surface area contributed by atoms with Crippen molar-refractivity contribution in [1.82, 2.24) is 14.7 Å². The van der Waals surface area contributed by atoms with Gasteiger partial charge < -0.3 is 14.7 Å². The minimum Gasteiger partial charge on any atom is -0.480 e. The second kappa shape index (κ2) is 8.67. The van der Waals surface area contributed by atoms with Gasteiger partial charge in [-0.2, -0.15) is 0 Å². The van der Waals surface area contributed by atoms with E-state index in [4.69, 9.17) is 4.74 Å². The van der Waals surface area contributed by atoms with E-state index in [9.17, 15) is 14.7 Å². The molecule has 1 amide bonds. The number of aryl methyl sites for hydroxylation is 1. The maximum atomic E-state index is 13.3. The van der Waals surface area contributed by atoms with Crippen molar-refractivity contribution in [2.75, 3.05) is 20.3 Å². The van der Waals surface area contributed by atoms with Crippen LogP contribution in [0.4, 0.5) is 0 Å². The fraction of sp³-hybridized carbons (Fsp3) is 0.348. The van der Waals surface area contributed by atoms with Crippen molar-refractivity contribution in [1.29, 1.82) is 0 Å². The summed E-state index contributed by atoms with van der Waals surface area (Å²) in [5.41, 5.74) is 2.00. The van der Waals surface area contributed by atoms with Crippen molar-refractivity contribution in [2.24, 2.45) is 0 Å². The first kappa shape index (κ1) is 20.1. The molecule has 1 aliphatic rings. The van der Waals surface area contributed by atoms with Crippen molar-refractivity contribution in [3.05, 3.63) is 70.0 Å². The summed E-state index contributed by atoms with van der Waals surface area (Å²) < 4.78 is 6.50. The van der Waals surface area contributed by atoms with E-state index in [1.165, 1.54) is 12.7 Å². The number of hydrogen-bond acceptors (Lipinski definition) is 5. The lowest BCUT2D eigenvalue weighted by Gasteiger charge is -2.35.